The van der Waals surface area contributed by atoms with Gasteiger partial charge < -0.3 is 11.1 Å². The molecule has 8 heteroatoms. The molecule has 0 saturated heterocycles. The summed E-state index contributed by atoms with van der Waals surface area (Å²) in [5.74, 6) is 0.874. The molecule has 0 unspecified atom stereocenters. The monoisotopic (exact) mass is 303 g/mol. The summed E-state index contributed by atoms with van der Waals surface area (Å²) in [6.45, 7) is 0. The minimum Gasteiger partial charge on any atom is -0.368 e. The topological polar surface area (TPSA) is 76.7 Å². The number of nitrogen functional groups attached to an aromatic ring is 1. The first-order chi connectivity index (χ1) is 8.60. The fourth-order valence-corrected chi connectivity index (χ4v) is 1.74. The SMILES string of the molecule is Nc1nc(CCl)nc(Nc2cccc(Cl)c2Cl)n1. The van der Waals surface area contributed by atoms with Crippen molar-refractivity contribution in [1.82, 2.24) is 15.0 Å². The zero-order chi connectivity index (χ0) is 13.1. The van der Waals surface area contributed by atoms with Crippen LogP contribution in [0.25, 0.3) is 0 Å². The van der Waals surface area contributed by atoms with Crippen molar-refractivity contribution in [2.45, 2.75) is 5.88 Å². The van der Waals surface area contributed by atoms with Gasteiger partial charge in [0.25, 0.3) is 0 Å². The van der Waals surface area contributed by atoms with Crippen molar-refractivity contribution in [2.75, 3.05) is 11.1 Å². The molecule has 0 aliphatic rings. The van der Waals surface area contributed by atoms with Crippen LogP contribution in [-0.2, 0) is 5.88 Å². The van der Waals surface area contributed by atoms with Crippen molar-refractivity contribution in [3.8, 4) is 0 Å². The van der Waals surface area contributed by atoms with Gasteiger partial charge in [-0.1, -0.05) is 29.3 Å². The lowest BCUT2D eigenvalue weighted by atomic mass is 10.3. The van der Waals surface area contributed by atoms with Crippen LogP contribution in [0.1, 0.15) is 5.82 Å². The molecule has 0 radical (unpaired) electrons. The fourth-order valence-electron chi connectivity index (χ4n) is 1.27. The minimum absolute atomic E-state index is 0.0845. The highest BCUT2D eigenvalue weighted by Crippen LogP contribution is 2.30. The Kier molecular flexibility index (Phi) is 4.06. The first-order valence-corrected chi connectivity index (χ1v) is 6.16. The number of benzene rings is 1. The Morgan fingerprint density at radius 3 is 2.67 bits per heavy atom. The summed E-state index contributed by atoms with van der Waals surface area (Å²) in [5, 5.41) is 3.72. The van der Waals surface area contributed by atoms with Gasteiger partial charge in [-0.2, -0.15) is 15.0 Å². The van der Waals surface area contributed by atoms with E-state index in [9.17, 15) is 0 Å². The maximum Gasteiger partial charge on any atom is 0.232 e. The Morgan fingerprint density at radius 2 is 1.94 bits per heavy atom. The van der Waals surface area contributed by atoms with E-state index in [1.165, 1.54) is 0 Å². The maximum atomic E-state index is 6.03. The van der Waals surface area contributed by atoms with Gasteiger partial charge in [-0.05, 0) is 12.1 Å². The van der Waals surface area contributed by atoms with Crippen molar-refractivity contribution in [2.24, 2.45) is 0 Å². The first kappa shape index (κ1) is 13.1. The second kappa shape index (κ2) is 5.56. The molecule has 0 amide bonds. The molecule has 1 heterocycles. The van der Waals surface area contributed by atoms with Gasteiger partial charge in [0.2, 0.25) is 11.9 Å². The van der Waals surface area contributed by atoms with Crippen molar-refractivity contribution in [1.29, 1.82) is 0 Å². The Labute approximate surface area is 118 Å². The van der Waals surface area contributed by atoms with Gasteiger partial charge in [-0.3, -0.25) is 0 Å². The summed E-state index contributed by atoms with van der Waals surface area (Å²) in [7, 11) is 0. The number of rotatable bonds is 3. The largest absolute Gasteiger partial charge is 0.368 e. The van der Waals surface area contributed by atoms with E-state index in [1.807, 2.05) is 0 Å². The number of alkyl halides is 1. The zero-order valence-electron chi connectivity index (χ0n) is 8.99. The predicted molar refractivity (Wildman–Crippen MR) is 73.5 cm³/mol. The molecule has 0 aliphatic heterocycles. The van der Waals surface area contributed by atoms with E-state index in [4.69, 9.17) is 40.5 Å². The molecular weight excluding hydrogens is 297 g/mol. The van der Waals surface area contributed by atoms with Crippen molar-refractivity contribution in [3.05, 3.63) is 34.1 Å². The van der Waals surface area contributed by atoms with E-state index >= 15 is 0 Å². The number of nitrogens with zero attached hydrogens (tertiary/aromatic N) is 3. The number of halogens is 3. The highest BCUT2D eigenvalue weighted by molar-refractivity contribution is 6.43. The summed E-state index contributed by atoms with van der Waals surface area (Å²) < 4.78 is 0. The Balaban J connectivity index is 2.34. The lowest BCUT2D eigenvalue weighted by molar-refractivity contribution is 0.979. The van der Waals surface area contributed by atoms with Gasteiger partial charge in [0.05, 0.1) is 21.6 Å². The van der Waals surface area contributed by atoms with Gasteiger partial charge in [0.1, 0.15) is 0 Å². The highest BCUT2D eigenvalue weighted by Gasteiger charge is 2.08. The molecule has 0 saturated carbocycles. The van der Waals surface area contributed by atoms with E-state index in [2.05, 4.69) is 20.3 Å². The van der Waals surface area contributed by atoms with Crippen molar-refractivity contribution >= 4 is 52.4 Å². The number of hydrogen-bond acceptors (Lipinski definition) is 5. The van der Waals surface area contributed by atoms with Crippen LogP contribution in [-0.4, -0.2) is 15.0 Å². The number of aromatic nitrogens is 3. The van der Waals surface area contributed by atoms with Gasteiger partial charge in [0, 0.05) is 0 Å². The van der Waals surface area contributed by atoms with Crippen LogP contribution in [0.3, 0.4) is 0 Å². The molecular formula is C10H8Cl3N5. The van der Waals surface area contributed by atoms with Crippen LogP contribution in [0, 0.1) is 0 Å². The Morgan fingerprint density at radius 1 is 1.17 bits per heavy atom. The second-order valence-corrected chi connectivity index (χ2v) is 4.35. The zero-order valence-corrected chi connectivity index (χ0v) is 11.3. The van der Waals surface area contributed by atoms with Gasteiger partial charge in [0.15, 0.2) is 5.82 Å². The fraction of sp³-hybridized carbons (Fsp3) is 0.100. The van der Waals surface area contributed by atoms with Crippen LogP contribution >= 0.6 is 34.8 Å². The predicted octanol–water partition coefficient (Wildman–Crippen LogP) is 3.24. The van der Waals surface area contributed by atoms with Crippen LogP contribution in [0.5, 0.6) is 0 Å². The van der Waals surface area contributed by atoms with Crippen LogP contribution < -0.4 is 11.1 Å². The molecule has 5 nitrogen and oxygen atoms in total. The van der Waals surface area contributed by atoms with E-state index < -0.39 is 0 Å². The Hall–Kier alpha value is -1.30. The van der Waals surface area contributed by atoms with E-state index in [-0.39, 0.29) is 17.8 Å². The second-order valence-electron chi connectivity index (χ2n) is 3.29. The van der Waals surface area contributed by atoms with Crippen molar-refractivity contribution in [3.63, 3.8) is 0 Å². The molecule has 0 atom stereocenters. The molecule has 0 bridgehead atoms. The third kappa shape index (κ3) is 2.93. The standard InChI is InChI=1S/C10H8Cl3N5/c11-4-7-16-9(14)18-10(17-7)15-6-3-1-2-5(12)8(6)13/h1-3H,4H2,(H3,14,15,16,17,18). The van der Waals surface area contributed by atoms with E-state index in [0.717, 1.165) is 0 Å². The summed E-state index contributed by atoms with van der Waals surface area (Å²) in [6.07, 6.45) is 0. The smallest absolute Gasteiger partial charge is 0.232 e. The lowest BCUT2D eigenvalue weighted by Crippen LogP contribution is -2.06. The maximum absolute atomic E-state index is 6.03. The van der Waals surface area contributed by atoms with Crippen molar-refractivity contribution < 1.29 is 0 Å². The van der Waals surface area contributed by atoms with E-state index in [1.54, 1.807) is 18.2 Å². The van der Waals surface area contributed by atoms with Crippen LogP contribution in [0.4, 0.5) is 17.6 Å². The van der Waals surface area contributed by atoms with Gasteiger partial charge in [-0.15, -0.1) is 11.6 Å². The number of anilines is 3. The average molecular weight is 305 g/mol. The minimum atomic E-state index is 0.0845. The van der Waals surface area contributed by atoms with Crippen LogP contribution in [0.15, 0.2) is 18.2 Å². The number of hydrogen-bond donors (Lipinski definition) is 2. The summed E-state index contributed by atoms with van der Waals surface area (Å²) >= 11 is 17.6. The Bertz CT molecular complexity index is 575. The highest BCUT2D eigenvalue weighted by atomic mass is 35.5. The normalized spacial score (nSPS) is 10.4. The third-order valence-corrected chi connectivity index (χ3v) is 3.07. The summed E-state index contributed by atoms with van der Waals surface area (Å²) in [6, 6.07) is 5.18. The number of nitrogens with one attached hydrogen (secondary N) is 1. The molecule has 2 rings (SSSR count). The molecule has 94 valence electrons. The van der Waals surface area contributed by atoms with E-state index in [0.29, 0.717) is 21.6 Å². The average Bonchev–Trinajstić information content (AvgIpc) is 2.34. The molecule has 0 aliphatic carbocycles. The third-order valence-electron chi connectivity index (χ3n) is 2.02. The molecule has 0 fully saturated rings. The quantitative estimate of drug-likeness (QED) is 0.851. The summed E-state index contributed by atoms with van der Waals surface area (Å²) in [5.41, 5.74) is 6.12. The molecule has 1 aromatic carbocycles. The lowest BCUT2D eigenvalue weighted by Gasteiger charge is -2.08. The molecule has 0 spiro atoms. The van der Waals surface area contributed by atoms with Gasteiger partial charge >= 0.3 is 0 Å². The number of nitrogens with two attached hydrogens (primary N) is 1. The molecule has 2 aromatic rings. The molecule has 3 N–H and O–H groups in total. The summed E-state index contributed by atoms with van der Waals surface area (Å²) in [4.78, 5) is 11.9. The molecule has 1 aromatic heterocycles. The van der Waals surface area contributed by atoms with Gasteiger partial charge in [-0.25, -0.2) is 0 Å². The molecule has 18 heavy (non-hydrogen) atoms. The van der Waals surface area contributed by atoms with Crippen LogP contribution in [0.2, 0.25) is 10.0 Å². The first-order valence-electron chi connectivity index (χ1n) is 4.87.